The molecule has 7 nitrogen and oxygen atoms in total. The minimum atomic E-state index is -3.75. The zero-order chi connectivity index (χ0) is 22.2. The van der Waals surface area contributed by atoms with Gasteiger partial charge in [-0.2, -0.15) is 0 Å². The van der Waals surface area contributed by atoms with E-state index in [1.54, 1.807) is 12.3 Å². The Morgan fingerprint density at radius 3 is 2.61 bits per heavy atom. The number of sulfone groups is 1. The lowest BCUT2D eigenvalue weighted by Gasteiger charge is -2.07. The third-order valence-electron chi connectivity index (χ3n) is 4.58. The number of aryl methyl sites for hydroxylation is 1. The van der Waals surface area contributed by atoms with E-state index < -0.39 is 21.4 Å². The predicted molar refractivity (Wildman–Crippen MR) is 120 cm³/mol. The fourth-order valence-electron chi connectivity index (χ4n) is 3.11. The highest BCUT2D eigenvalue weighted by Crippen LogP contribution is 2.26. The molecule has 0 radical (unpaired) electrons. The molecule has 0 saturated heterocycles. The number of aromatic nitrogens is 3. The van der Waals surface area contributed by atoms with E-state index in [1.807, 2.05) is 25.1 Å². The lowest BCUT2D eigenvalue weighted by molar-refractivity contribution is -0.116. The van der Waals surface area contributed by atoms with Crippen molar-refractivity contribution in [3.63, 3.8) is 0 Å². The molecule has 0 bridgehead atoms. The van der Waals surface area contributed by atoms with Crippen molar-refractivity contribution in [3.05, 3.63) is 80.9 Å². The maximum absolute atomic E-state index is 12.8. The van der Waals surface area contributed by atoms with Gasteiger partial charge >= 0.3 is 0 Å². The molecule has 0 fully saturated rings. The van der Waals surface area contributed by atoms with Gasteiger partial charge in [0.25, 0.3) is 5.56 Å². The van der Waals surface area contributed by atoms with Crippen LogP contribution in [0.4, 0.5) is 0 Å². The molecule has 4 aromatic rings. The summed E-state index contributed by atoms with van der Waals surface area (Å²) in [7, 11) is -3.75. The van der Waals surface area contributed by atoms with Crippen LogP contribution in [0.2, 0.25) is 4.34 Å². The molecule has 0 atom stereocenters. The van der Waals surface area contributed by atoms with Gasteiger partial charge < -0.3 is 0 Å². The Hall–Kier alpha value is -2.88. The molecule has 0 spiro atoms. The molecule has 0 aliphatic rings. The quantitative estimate of drug-likeness (QED) is 0.425. The van der Waals surface area contributed by atoms with E-state index in [-0.39, 0.29) is 16.2 Å². The van der Waals surface area contributed by atoms with Gasteiger partial charge in [0, 0.05) is 11.6 Å². The molecular formula is C21H16ClN3O4S2. The van der Waals surface area contributed by atoms with Gasteiger partial charge in [-0.25, -0.2) is 13.4 Å². The maximum Gasteiger partial charge on any atom is 0.264 e. The molecule has 0 saturated carbocycles. The Labute approximate surface area is 186 Å². The Morgan fingerprint density at radius 2 is 1.94 bits per heavy atom. The van der Waals surface area contributed by atoms with E-state index in [0.717, 1.165) is 22.3 Å². The number of fused-ring (bicyclic) bond motifs is 1. The molecular weight excluding hydrogens is 458 g/mol. The number of thiophene rings is 1. The number of pyridine rings is 1. The highest BCUT2D eigenvalue weighted by molar-refractivity contribution is 7.94. The molecule has 1 aromatic carbocycles. The second kappa shape index (κ2) is 8.33. The minimum Gasteiger partial charge on any atom is -0.298 e. The molecule has 0 N–H and O–H groups in total. The number of carbonyl (C=O) groups is 1. The first-order chi connectivity index (χ1) is 14.7. The van der Waals surface area contributed by atoms with Crippen LogP contribution in [0.25, 0.3) is 16.6 Å². The largest absolute Gasteiger partial charge is 0.298 e. The van der Waals surface area contributed by atoms with E-state index in [1.165, 1.54) is 29.1 Å². The van der Waals surface area contributed by atoms with Crippen molar-refractivity contribution in [2.24, 2.45) is 0 Å². The molecule has 31 heavy (non-hydrogen) atoms. The van der Waals surface area contributed by atoms with Gasteiger partial charge in [0.15, 0.2) is 21.4 Å². The standard InChI is InChI=1S/C21H16ClN3O4S2/c1-13-2-3-17-14(8-13)6-7-25(21(17)27)19-11-23-15(10-24-19)9-16(26)12-31(28,29)20-5-4-18(22)30-20/h2-8,10-11H,9,12H2,1H3. The van der Waals surface area contributed by atoms with Crippen molar-refractivity contribution < 1.29 is 13.2 Å². The number of nitrogens with zero attached hydrogens (tertiary/aromatic N) is 3. The Kier molecular flexibility index (Phi) is 5.74. The third kappa shape index (κ3) is 4.58. The molecule has 3 aromatic heterocycles. The SMILES string of the molecule is Cc1ccc2c(=O)n(-c3cnc(CC(=O)CS(=O)(=O)c4ccc(Cl)s4)cn3)ccc2c1. The van der Waals surface area contributed by atoms with Crippen molar-refractivity contribution in [3.8, 4) is 5.82 Å². The fourth-order valence-corrected chi connectivity index (χ4v) is 5.92. The van der Waals surface area contributed by atoms with Crippen LogP contribution in [0, 0.1) is 6.92 Å². The molecule has 0 amide bonds. The van der Waals surface area contributed by atoms with Crippen LogP contribution in [-0.2, 0) is 21.1 Å². The summed E-state index contributed by atoms with van der Waals surface area (Å²) in [4.78, 5) is 33.4. The van der Waals surface area contributed by atoms with Crippen LogP contribution in [0.3, 0.4) is 0 Å². The van der Waals surface area contributed by atoms with Crippen LogP contribution < -0.4 is 5.56 Å². The lowest BCUT2D eigenvalue weighted by atomic mass is 10.1. The smallest absolute Gasteiger partial charge is 0.264 e. The van der Waals surface area contributed by atoms with Crippen LogP contribution >= 0.6 is 22.9 Å². The second-order valence-corrected chi connectivity index (χ2v) is 10.9. The molecule has 3 heterocycles. The summed E-state index contributed by atoms with van der Waals surface area (Å²) in [5, 5.41) is 1.40. The Balaban J connectivity index is 1.52. The summed E-state index contributed by atoms with van der Waals surface area (Å²) in [6.07, 6.45) is 4.19. The fraction of sp³-hybridized carbons (Fsp3) is 0.143. The van der Waals surface area contributed by atoms with Crippen molar-refractivity contribution in [2.75, 3.05) is 5.75 Å². The summed E-state index contributed by atoms with van der Waals surface area (Å²) in [5.41, 5.74) is 1.15. The van der Waals surface area contributed by atoms with Gasteiger partial charge in [-0.15, -0.1) is 11.3 Å². The zero-order valence-electron chi connectivity index (χ0n) is 16.3. The van der Waals surface area contributed by atoms with Crippen LogP contribution in [0.1, 0.15) is 11.3 Å². The van der Waals surface area contributed by atoms with Gasteiger partial charge in [-0.3, -0.25) is 19.1 Å². The molecule has 0 aliphatic carbocycles. The highest BCUT2D eigenvalue weighted by atomic mass is 35.5. The van der Waals surface area contributed by atoms with Crippen LogP contribution in [-0.4, -0.2) is 34.5 Å². The number of hydrogen-bond acceptors (Lipinski definition) is 7. The summed E-state index contributed by atoms with van der Waals surface area (Å²) < 4.78 is 26.4. The monoisotopic (exact) mass is 473 g/mol. The zero-order valence-corrected chi connectivity index (χ0v) is 18.7. The number of benzene rings is 1. The maximum atomic E-state index is 12.8. The van der Waals surface area contributed by atoms with Gasteiger partial charge in [-0.1, -0.05) is 29.3 Å². The molecule has 0 aliphatic heterocycles. The van der Waals surface area contributed by atoms with Crippen LogP contribution in [0.15, 0.2) is 64.0 Å². The summed E-state index contributed by atoms with van der Waals surface area (Å²) in [6, 6.07) is 10.2. The molecule has 158 valence electrons. The van der Waals surface area contributed by atoms with Crippen LogP contribution in [0.5, 0.6) is 0 Å². The molecule has 0 unspecified atom stereocenters. The third-order valence-corrected chi connectivity index (χ3v) is 8.07. The van der Waals surface area contributed by atoms with Gasteiger partial charge in [0.1, 0.15) is 9.96 Å². The van der Waals surface area contributed by atoms with Crippen molar-refractivity contribution >= 4 is 49.3 Å². The summed E-state index contributed by atoms with van der Waals surface area (Å²) in [6.45, 7) is 1.96. The predicted octanol–water partition coefficient (Wildman–Crippen LogP) is 3.39. The van der Waals surface area contributed by atoms with Crippen molar-refractivity contribution in [1.82, 2.24) is 14.5 Å². The number of Topliss-reactive ketones (excluding diaryl/α,β-unsaturated/α-hetero) is 1. The number of rotatable bonds is 6. The average molecular weight is 474 g/mol. The molecule has 4 rings (SSSR count). The van der Waals surface area contributed by atoms with Crippen molar-refractivity contribution in [1.29, 1.82) is 0 Å². The van der Waals surface area contributed by atoms with E-state index in [0.29, 0.717) is 21.2 Å². The number of halogens is 1. The van der Waals surface area contributed by atoms with E-state index in [4.69, 9.17) is 11.6 Å². The van der Waals surface area contributed by atoms with E-state index in [9.17, 15) is 18.0 Å². The van der Waals surface area contributed by atoms with Gasteiger partial charge in [0.2, 0.25) is 0 Å². The first kappa shape index (κ1) is 21.4. The first-order valence-corrected chi connectivity index (χ1v) is 12.0. The lowest BCUT2D eigenvalue weighted by Crippen LogP contribution is -2.20. The summed E-state index contributed by atoms with van der Waals surface area (Å²) in [5.74, 6) is -0.842. The second-order valence-electron chi connectivity index (χ2n) is 6.98. The molecule has 10 heteroatoms. The van der Waals surface area contributed by atoms with Gasteiger partial charge in [0.05, 0.1) is 28.8 Å². The minimum absolute atomic E-state index is 0.0538. The number of ketones is 1. The Bertz CT molecular complexity index is 1460. The topological polar surface area (TPSA) is 99.0 Å². The summed E-state index contributed by atoms with van der Waals surface area (Å²) >= 11 is 6.69. The Morgan fingerprint density at radius 1 is 1.13 bits per heavy atom. The average Bonchev–Trinajstić information content (AvgIpc) is 3.16. The number of carbonyl (C=O) groups excluding carboxylic acids is 1. The normalized spacial score (nSPS) is 11.7. The highest BCUT2D eigenvalue weighted by Gasteiger charge is 2.22. The van der Waals surface area contributed by atoms with E-state index >= 15 is 0 Å². The first-order valence-electron chi connectivity index (χ1n) is 9.16. The van der Waals surface area contributed by atoms with Gasteiger partial charge in [-0.05, 0) is 36.6 Å². The number of hydrogen-bond donors (Lipinski definition) is 0. The van der Waals surface area contributed by atoms with E-state index in [2.05, 4.69) is 9.97 Å². The van der Waals surface area contributed by atoms with Crippen molar-refractivity contribution in [2.45, 2.75) is 17.6 Å².